The quantitative estimate of drug-likeness (QED) is 0.537. The molecule has 0 bridgehead atoms. The van der Waals surface area contributed by atoms with Crippen LogP contribution in [0, 0.1) is 0 Å². The minimum absolute atomic E-state index is 0.0469. The van der Waals surface area contributed by atoms with E-state index in [1.165, 1.54) is 22.3 Å². The number of nitrogens with one attached hydrogen (secondary N) is 1. The van der Waals surface area contributed by atoms with Crippen molar-refractivity contribution < 1.29 is 29.7 Å². The summed E-state index contributed by atoms with van der Waals surface area (Å²) in [5.41, 5.74) is 4.97. The summed E-state index contributed by atoms with van der Waals surface area (Å²) >= 11 is 0. The second-order valence-corrected chi connectivity index (χ2v) is 5.94. The second-order valence-electron chi connectivity index (χ2n) is 5.94. The molecule has 2 aromatic carbocycles. The lowest BCUT2D eigenvalue weighted by molar-refractivity contribution is -0.137. The van der Waals surface area contributed by atoms with E-state index in [0.717, 1.165) is 13.4 Å². The highest BCUT2D eigenvalue weighted by Crippen LogP contribution is 2.44. The standard InChI is InChI=1S/C19H19NO3.CH2O2.CH4O/c21-10-9-13(11-19(22)23)20-12-18-16-7-3-1-5-14(16)15-6-2-4-8-17(15)18;2-1-3;1-2/h1-8,10,13,18,20H,9,11-12H2,(H,22,23);1H,(H,2,3);2H,1H3. The van der Waals surface area contributed by atoms with E-state index in [1.807, 2.05) is 24.3 Å². The predicted molar refractivity (Wildman–Crippen MR) is 105 cm³/mol. The van der Waals surface area contributed by atoms with Gasteiger partial charge < -0.3 is 25.4 Å². The Balaban J connectivity index is 0.000000717. The number of carboxylic acids is 1. The van der Waals surface area contributed by atoms with E-state index >= 15 is 0 Å². The number of hydrogen-bond donors (Lipinski definition) is 4. The summed E-state index contributed by atoms with van der Waals surface area (Å²) in [5, 5.41) is 26.1. The van der Waals surface area contributed by atoms with Crippen molar-refractivity contribution in [1.29, 1.82) is 0 Å². The molecule has 7 nitrogen and oxygen atoms in total. The third-order valence-corrected chi connectivity index (χ3v) is 4.37. The smallest absolute Gasteiger partial charge is 0.304 e. The van der Waals surface area contributed by atoms with Crippen LogP contribution in [0.25, 0.3) is 11.1 Å². The van der Waals surface area contributed by atoms with E-state index in [0.29, 0.717) is 6.54 Å². The van der Waals surface area contributed by atoms with Crippen molar-refractivity contribution in [2.75, 3.05) is 13.7 Å². The number of rotatable bonds is 7. The van der Waals surface area contributed by atoms with Gasteiger partial charge in [0.1, 0.15) is 6.29 Å². The first-order valence-corrected chi connectivity index (χ1v) is 8.72. The van der Waals surface area contributed by atoms with Crippen molar-refractivity contribution in [3.8, 4) is 11.1 Å². The average molecular weight is 387 g/mol. The molecule has 3 rings (SSSR count). The van der Waals surface area contributed by atoms with Gasteiger partial charge in [-0.3, -0.25) is 9.59 Å². The molecule has 4 N–H and O–H groups in total. The second kappa shape index (κ2) is 12.4. The van der Waals surface area contributed by atoms with E-state index in [-0.39, 0.29) is 31.3 Å². The van der Waals surface area contributed by atoms with Crippen LogP contribution in [0.2, 0.25) is 0 Å². The maximum atomic E-state index is 10.9. The van der Waals surface area contributed by atoms with Crippen LogP contribution in [-0.2, 0) is 14.4 Å². The average Bonchev–Trinajstić information content (AvgIpc) is 3.02. The maximum absolute atomic E-state index is 10.9. The molecule has 28 heavy (non-hydrogen) atoms. The molecule has 0 aliphatic heterocycles. The van der Waals surface area contributed by atoms with Crippen molar-refractivity contribution in [2.24, 2.45) is 0 Å². The van der Waals surface area contributed by atoms with Gasteiger partial charge in [0.05, 0.1) is 6.42 Å². The summed E-state index contributed by atoms with van der Waals surface area (Å²) in [5.74, 6) is -0.707. The molecule has 0 fully saturated rings. The number of fused-ring (bicyclic) bond motifs is 3. The fraction of sp³-hybridized carbons (Fsp3) is 0.286. The number of aliphatic carboxylic acids is 1. The van der Waals surface area contributed by atoms with Gasteiger partial charge in [-0.1, -0.05) is 48.5 Å². The third kappa shape index (κ3) is 6.00. The number of benzene rings is 2. The Bertz CT molecular complexity index is 731. The number of aliphatic hydroxyl groups is 1. The predicted octanol–water partition coefficient (Wildman–Crippen LogP) is 2.13. The van der Waals surface area contributed by atoms with Crippen molar-refractivity contribution in [2.45, 2.75) is 24.8 Å². The first-order chi connectivity index (χ1) is 13.6. The molecule has 0 amide bonds. The normalized spacial score (nSPS) is 12.2. The maximum Gasteiger partial charge on any atom is 0.304 e. The van der Waals surface area contributed by atoms with Crippen LogP contribution in [0.4, 0.5) is 0 Å². The molecule has 2 aromatic rings. The zero-order valence-electron chi connectivity index (χ0n) is 15.6. The molecule has 0 heterocycles. The Hall–Kier alpha value is -3.03. The molecule has 1 atom stereocenters. The highest BCUT2D eigenvalue weighted by Gasteiger charge is 2.28. The Morgan fingerprint density at radius 1 is 1.04 bits per heavy atom. The minimum Gasteiger partial charge on any atom is -0.483 e. The van der Waals surface area contributed by atoms with Crippen LogP contribution < -0.4 is 5.32 Å². The van der Waals surface area contributed by atoms with Gasteiger partial charge in [-0.05, 0) is 22.3 Å². The topological polar surface area (TPSA) is 124 Å². The van der Waals surface area contributed by atoms with Gasteiger partial charge in [0, 0.05) is 32.0 Å². The third-order valence-electron chi connectivity index (χ3n) is 4.37. The number of carboxylic acid groups (broad SMARTS) is 2. The van der Waals surface area contributed by atoms with E-state index in [9.17, 15) is 9.59 Å². The lowest BCUT2D eigenvalue weighted by Crippen LogP contribution is -2.34. The number of carbonyl (C=O) groups excluding carboxylic acids is 1. The van der Waals surface area contributed by atoms with Crippen LogP contribution in [0.3, 0.4) is 0 Å². The number of aldehydes is 1. The SMILES string of the molecule is CO.O=CCC(CC(=O)O)NCC1c2ccccc2-c2ccccc21.O=CO. The van der Waals surface area contributed by atoms with Gasteiger partial charge in [0.15, 0.2) is 0 Å². The van der Waals surface area contributed by atoms with Crippen LogP contribution in [0.5, 0.6) is 0 Å². The van der Waals surface area contributed by atoms with Gasteiger partial charge in [-0.25, -0.2) is 0 Å². The molecule has 0 saturated heterocycles. The zero-order valence-corrected chi connectivity index (χ0v) is 15.6. The monoisotopic (exact) mass is 387 g/mol. The molecule has 0 radical (unpaired) electrons. The largest absolute Gasteiger partial charge is 0.483 e. The Morgan fingerprint density at radius 3 is 1.93 bits per heavy atom. The Labute approximate surface area is 163 Å². The molecule has 1 aliphatic rings. The van der Waals surface area contributed by atoms with Crippen LogP contribution in [0.15, 0.2) is 48.5 Å². The molecule has 7 heteroatoms. The zero-order chi connectivity index (χ0) is 20.9. The molecule has 0 aromatic heterocycles. The van der Waals surface area contributed by atoms with Crippen LogP contribution in [-0.4, -0.2) is 53.7 Å². The molecule has 0 spiro atoms. The first kappa shape index (κ1) is 23.0. The minimum atomic E-state index is -0.892. The highest BCUT2D eigenvalue weighted by molar-refractivity contribution is 5.78. The fourth-order valence-corrected chi connectivity index (χ4v) is 3.33. The molecular formula is C21H25NO6. The summed E-state index contributed by atoms with van der Waals surface area (Å²) in [6, 6.07) is 16.3. The molecule has 150 valence electrons. The van der Waals surface area contributed by atoms with Crippen LogP contribution in [0.1, 0.15) is 29.9 Å². The highest BCUT2D eigenvalue weighted by atomic mass is 16.4. The molecule has 1 unspecified atom stereocenters. The molecule has 1 aliphatic carbocycles. The summed E-state index contributed by atoms with van der Waals surface area (Å²) in [6.45, 7) is 0.375. The lowest BCUT2D eigenvalue weighted by Gasteiger charge is -2.19. The lowest BCUT2D eigenvalue weighted by atomic mass is 9.96. The van der Waals surface area contributed by atoms with Gasteiger partial charge in [0.25, 0.3) is 6.47 Å². The van der Waals surface area contributed by atoms with Gasteiger partial charge in [-0.2, -0.15) is 0 Å². The van der Waals surface area contributed by atoms with E-state index in [1.54, 1.807) is 0 Å². The van der Waals surface area contributed by atoms with Gasteiger partial charge in [-0.15, -0.1) is 0 Å². The Morgan fingerprint density at radius 2 is 1.50 bits per heavy atom. The fourth-order valence-electron chi connectivity index (χ4n) is 3.33. The summed E-state index contributed by atoms with van der Waals surface area (Å²) in [4.78, 5) is 30.0. The van der Waals surface area contributed by atoms with E-state index in [4.69, 9.17) is 20.1 Å². The molecule has 0 saturated carbocycles. The summed E-state index contributed by atoms with van der Waals surface area (Å²) in [6.07, 6.45) is 0.939. The van der Waals surface area contributed by atoms with Gasteiger partial charge in [0.2, 0.25) is 0 Å². The van der Waals surface area contributed by atoms with E-state index in [2.05, 4.69) is 29.6 Å². The van der Waals surface area contributed by atoms with E-state index < -0.39 is 5.97 Å². The van der Waals surface area contributed by atoms with Crippen molar-refractivity contribution in [3.05, 3.63) is 59.7 Å². The number of aliphatic hydroxyl groups excluding tert-OH is 1. The molecular weight excluding hydrogens is 362 g/mol. The summed E-state index contributed by atoms with van der Waals surface area (Å²) < 4.78 is 0. The number of hydrogen-bond acceptors (Lipinski definition) is 5. The van der Waals surface area contributed by atoms with Crippen molar-refractivity contribution in [3.63, 3.8) is 0 Å². The van der Waals surface area contributed by atoms with Crippen LogP contribution >= 0.6 is 0 Å². The Kier molecular flexibility index (Phi) is 10.2. The van der Waals surface area contributed by atoms with Crippen molar-refractivity contribution >= 4 is 18.7 Å². The van der Waals surface area contributed by atoms with Gasteiger partial charge >= 0.3 is 5.97 Å². The first-order valence-electron chi connectivity index (χ1n) is 8.72. The van der Waals surface area contributed by atoms with Crippen molar-refractivity contribution in [1.82, 2.24) is 5.32 Å². The summed E-state index contributed by atoms with van der Waals surface area (Å²) in [7, 11) is 1.00. The number of carbonyl (C=O) groups is 3.